The van der Waals surface area contributed by atoms with Gasteiger partial charge in [0.25, 0.3) is 0 Å². The van der Waals surface area contributed by atoms with E-state index in [2.05, 4.69) is 148 Å². The first-order valence-electron chi connectivity index (χ1n) is 15.1. The molecule has 0 bridgehead atoms. The molecule has 0 spiro atoms. The second kappa shape index (κ2) is 8.36. The van der Waals surface area contributed by atoms with Crippen LogP contribution in [0, 0.1) is 6.92 Å². The summed E-state index contributed by atoms with van der Waals surface area (Å²) < 4.78 is 7.19. The van der Waals surface area contributed by atoms with E-state index in [1.807, 2.05) is 0 Å². The maximum Gasteiger partial charge on any atom is 0.220 e. The Morgan fingerprint density at radius 2 is 1.56 bits per heavy atom. The minimum Gasteiger partial charge on any atom is -0.293 e. The van der Waals surface area contributed by atoms with Crippen molar-refractivity contribution < 1.29 is 9.13 Å². The van der Waals surface area contributed by atoms with Gasteiger partial charge in [0.1, 0.15) is 11.3 Å². The average molecular weight is 553 g/mol. The summed E-state index contributed by atoms with van der Waals surface area (Å²) in [7, 11) is 0. The Bertz CT molecular complexity index is 2470. The quantitative estimate of drug-likeness (QED) is 0.175. The molecule has 4 heteroatoms. The summed E-state index contributed by atoms with van der Waals surface area (Å²) in [6, 6.07) is 37.9. The van der Waals surface area contributed by atoms with Crippen LogP contribution in [0.5, 0.6) is 0 Å². The molecule has 0 amide bonds. The summed E-state index contributed by atoms with van der Waals surface area (Å²) in [5.41, 5.74) is 12.2. The zero-order chi connectivity index (χ0) is 28.2. The molecule has 2 aliphatic heterocycles. The molecule has 2 unspecified atom stereocenters. The van der Waals surface area contributed by atoms with Gasteiger partial charge in [-0.3, -0.25) is 4.40 Å². The molecule has 7 heterocycles. The summed E-state index contributed by atoms with van der Waals surface area (Å²) >= 11 is 0. The molecule has 0 radical (unpaired) electrons. The van der Waals surface area contributed by atoms with Crippen LogP contribution in [0.4, 0.5) is 0 Å². The van der Waals surface area contributed by atoms with Crippen LogP contribution in [-0.4, -0.2) is 9.38 Å². The lowest BCUT2D eigenvalue weighted by atomic mass is 9.78. The van der Waals surface area contributed by atoms with Crippen LogP contribution in [0.1, 0.15) is 35.2 Å². The molecule has 4 nitrogen and oxygen atoms in total. The van der Waals surface area contributed by atoms with Gasteiger partial charge in [-0.1, -0.05) is 54.6 Å². The van der Waals surface area contributed by atoms with Gasteiger partial charge in [0.15, 0.2) is 18.6 Å². The molecule has 2 atom stereocenters. The molecule has 3 aromatic carbocycles. The molecule has 8 aromatic rings. The molecule has 0 saturated carbocycles. The first kappa shape index (κ1) is 23.2. The number of para-hydroxylation sites is 2. The van der Waals surface area contributed by atoms with E-state index >= 15 is 0 Å². The molecule has 0 fully saturated rings. The summed E-state index contributed by atoms with van der Waals surface area (Å²) in [5.74, 6) is 0.234. The zero-order valence-electron chi connectivity index (χ0n) is 23.8. The van der Waals surface area contributed by atoms with Crippen LogP contribution in [0.2, 0.25) is 0 Å². The minimum absolute atomic E-state index is 0.0323. The van der Waals surface area contributed by atoms with E-state index in [9.17, 15) is 0 Å². The monoisotopic (exact) mass is 552 g/mol. The average Bonchev–Trinajstić information content (AvgIpc) is 3.57. The van der Waals surface area contributed by atoms with Gasteiger partial charge >= 0.3 is 0 Å². The van der Waals surface area contributed by atoms with Gasteiger partial charge in [0.2, 0.25) is 17.4 Å². The first-order chi connectivity index (χ1) is 21.3. The largest absolute Gasteiger partial charge is 0.293 e. The predicted octanol–water partition coefficient (Wildman–Crippen LogP) is 8.01. The van der Waals surface area contributed by atoms with Crippen LogP contribution < -0.4 is 9.13 Å². The van der Waals surface area contributed by atoms with Gasteiger partial charge in [0.05, 0.1) is 22.5 Å². The fraction of sp³-hybridized carbons (Fsp3) is 0.103. The van der Waals surface area contributed by atoms with E-state index in [4.69, 9.17) is 4.98 Å². The minimum atomic E-state index is 0.0323. The van der Waals surface area contributed by atoms with E-state index in [-0.39, 0.29) is 12.0 Å². The standard InChI is InChI=1S/C39H28N4/c1-24-18-19-33-32-22-31-30-14-8-13-29-27-12-4-5-17-35(27)43(37(29)30)39(31)40-36(32)38-28(15-9-20-41(33)23-24)25-10-2-3-11-26(25)34-16-6-7-21-42(34)38/h2-14,16-23,28,38H,15H2,1H3/q+2/b20-9+. The molecular weight excluding hydrogens is 524 g/mol. The lowest BCUT2D eigenvalue weighted by molar-refractivity contribution is -0.709. The van der Waals surface area contributed by atoms with E-state index in [0.29, 0.717) is 0 Å². The third kappa shape index (κ3) is 3.02. The van der Waals surface area contributed by atoms with Gasteiger partial charge in [-0.15, -0.1) is 0 Å². The Kier molecular flexibility index (Phi) is 4.52. The lowest BCUT2D eigenvalue weighted by Gasteiger charge is -2.30. The smallest absolute Gasteiger partial charge is 0.220 e. The number of benzene rings is 3. The number of allylic oxidation sites excluding steroid dienone is 1. The van der Waals surface area contributed by atoms with Crippen molar-refractivity contribution >= 4 is 44.4 Å². The summed E-state index contributed by atoms with van der Waals surface area (Å²) in [6.07, 6.45) is 10.0. The zero-order valence-corrected chi connectivity index (χ0v) is 23.8. The Morgan fingerprint density at radius 1 is 0.744 bits per heavy atom. The summed E-state index contributed by atoms with van der Waals surface area (Å²) in [5, 5.41) is 5.02. The Balaban J connectivity index is 1.40. The van der Waals surface area contributed by atoms with E-state index in [1.165, 1.54) is 66.2 Å². The third-order valence-electron chi connectivity index (χ3n) is 9.77. The molecule has 43 heavy (non-hydrogen) atoms. The SMILES string of the molecule is Cc1ccc2[n+](c1)/C=C/CC1c3ccccc3-c3cccc[n+]3C1c1nc3c(cc1-2)c1cccc2c4ccccc4n3c21. The highest BCUT2D eigenvalue weighted by Crippen LogP contribution is 2.47. The maximum absolute atomic E-state index is 5.78. The van der Waals surface area contributed by atoms with Crippen molar-refractivity contribution in [3.8, 4) is 22.5 Å². The Morgan fingerprint density at radius 3 is 2.51 bits per heavy atom. The molecule has 0 aliphatic carbocycles. The third-order valence-corrected chi connectivity index (χ3v) is 9.77. The highest BCUT2D eigenvalue weighted by molar-refractivity contribution is 6.22. The number of pyridine rings is 3. The van der Waals surface area contributed by atoms with Crippen LogP contribution in [0.15, 0.2) is 122 Å². The molecule has 0 saturated heterocycles. The van der Waals surface area contributed by atoms with Gasteiger partial charge in [0, 0.05) is 50.9 Å². The fourth-order valence-corrected chi connectivity index (χ4v) is 8.00. The van der Waals surface area contributed by atoms with Crippen molar-refractivity contribution in [1.29, 1.82) is 0 Å². The Hall–Kier alpha value is -5.35. The second-order valence-corrected chi connectivity index (χ2v) is 12.1. The van der Waals surface area contributed by atoms with Crippen molar-refractivity contribution in [2.45, 2.75) is 25.3 Å². The van der Waals surface area contributed by atoms with Crippen molar-refractivity contribution in [1.82, 2.24) is 9.38 Å². The summed E-state index contributed by atoms with van der Waals surface area (Å²) in [4.78, 5) is 5.78. The van der Waals surface area contributed by atoms with E-state index in [0.717, 1.165) is 17.8 Å². The second-order valence-electron chi connectivity index (χ2n) is 12.1. The molecule has 0 N–H and O–H groups in total. The number of hydrogen-bond donors (Lipinski definition) is 0. The molecule has 202 valence electrons. The molecule has 2 aliphatic rings. The van der Waals surface area contributed by atoms with Gasteiger partial charge in [-0.25, -0.2) is 4.98 Å². The fourth-order valence-electron chi connectivity index (χ4n) is 8.00. The van der Waals surface area contributed by atoms with Gasteiger partial charge < -0.3 is 0 Å². The van der Waals surface area contributed by atoms with Gasteiger partial charge in [-0.05, 0) is 55.3 Å². The maximum atomic E-state index is 5.78. The van der Waals surface area contributed by atoms with E-state index < -0.39 is 0 Å². The van der Waals surface area contributed by atoms with Crippen LogP contribution in [0.25, 0.3) is 66.9 Å². The Labute approximate surface area is 248 Å². The number of hydrogen-bond acceptors (Lipinski definition) is 1. The van der Waals surface area contributed by atoms with E-state index in [1.54, 1.807) is 0 Å². The van der Waals surface area contributed by atoms with Crippen LogP contribution >= 0.6 is 0 Å². The predicted molar refractivity (Wildman–Crippen MR) is 172 cm³/mol. The molecule has 5 aromatic heterocycles. The number of aryl methyl sites for hydroxylation is 1. The summed E-state index contributed by atoms with van der Waals surface area (Å²) in [6.45, 7) is 2.16. The van der Waals surface area contributed by atoms with Crippen molar-refractivity contribution in [2.24, 2.45) is 0 Å². The number of aromatic nitrogens is 4. The lowest BCUT2D eigenvalue weighted by Crippen LogP contribution is -2.48. The van der Waals surface area contributed by atoms with Crippen LogP contribution in [-0.2, 0) is 0 Å². The van der Waals surface area contributed by atoms with Crippen molar-refractivity contribution in [3.05, 3.63) is 138 Å². The highest BCUT2D eigenvalue weighted by Gasteiger charge is 2.44. The first-order valence-corrected chi connectivity index (χ1v) is 15.1. The topological polar surface area (TPSA) is 25.1 Å². The number of nitrogens with zero attached hydrogens (tertiary/aromatic N) is 4. The number of fused-ring (bicyclic) bond motifs is 16. The van der Waals surface area contributed by atoms with Crippen LogP contribution in [0.3, 0.4) is 0 Å². The normalized spacial score (nSPS) is 18.0. The van der Waals surface area contributed by atoms with Crippen molar-refractivity contribution in [3.63, 3.8) is 0 Å². The van der Waals surface area contributed by atoms with Crippen molar-refractivity contribution in [2.75, 3.05) is 0 Å². The molecule has 10 rings (SSSR count). The molecular formula is C39H28N4+2. The van der Waals surface area contributed by atoms with Gasteiger partial charge in [-0.2, -0.15) is 9.13 Å². The number of rotatable bonds is 0. The highest BCUT2D eigenvalue weighted by atomic mass is 15.1.